The normalized spacial score (nSPS) is 10.8. The van der Waals surface area contributed by atoms with E-state index in [0.717, 1.165) is 12.8 Å². The maximum Gasteiger partial charge on any atom is 0.251 e. The maximum absolute atomic E-state index is 13.0. The van der Waals surface area contributed by atoms with Gasteiger partial charge in [0.1, 0.15) is 5.82 Å². The van der Waals surface area contributed by atoms with E-state index in [4.69, 9.17) is 17.3 Å². The molecule has 0 heterocycles. The van der Waals surface area contributed by atoms with E-state index in [1.165, 1.54) is 18.2 Å². The van der Waals surface area contributed by atoms with Crippen molar-refractivity contribution >= 4 is 29.9 Å². The zero-order chi connectivity index (χ0) is 13.8. The molecule has 3 N–H and O–H groups in total. The molecule has 1 amide bonds. The molecule has 0 spiro atoms. The number of halogens is 3. The lowest BCUT2D eigenvalue weighted by Crippen LogP contribution is -2.52. The van der Waals surface area contributed by atoms with Crippen LogP contribution in [0.25, 0.3) is 0 Å². The van der Waals surface area contributed by atoms with Crippen LogP contribution in [0.15, 0.2) is 18.2 Å². The van der Waals surface area contributed by atoms with Crippen molar-refractivity contribution in [2.45, 2.75) is 32.2 Å². The molecule has 0 atom stereocenters. The molecular weight excluding hydrogens is 290 g/mol. The van der Waals surface area contributed by atoms with Crippen LogP contribution in [0.4, 0.5) is 4.39 Å². The molecule has 0 unspecified atom stereocenters. The van der Waals surface area contributed by atoms with E-state index in [9.17, 15) is 9.18 Å². The van der Waals surface area contributed by atoms with Gasteiger partial charge in [0.15, 0.2) is 0 Å². The summed E-state index contributed by atoms with van der Waals surface area (Å²) in [7, 11) is 0. The summed E-state index contributed by atoms with van der Waals surface area (Å²) in [5.74, 6) is -0.824. The lowest BCUT2D eigenvalue weighted by molar-refractivity contribution is 0.0895. The summed E-state index contributed by atoms with van der Waals surface area (Å²) in [6.07, 6.45) is 1.47. The third-order valence-electron chi connectivity index (χ3n) is 3.30. The Bertz CT molecular complexity index is 428. The fourth-order valence-electron chi connectivity index (χ4n) is 1.72. The standard InChI is InChI=1S/C13H18ClFN2O.ClH/c1-3-13(4-2,8-16)17-12(18)9-5-6-11(15)10(14)7-9;/h5-7H,3-4,8,16H2,1-2H3,(H,17,18);1H. The van der Waals surface area contributed by atoms with Crippen LogP contribution in [0.2, 0.25) is 5.02 Å². The number of nitrogens with two attached hydrogens (primary N) is 1. The Morgan fingerprint density at radius 3 is 2.42 bits per heavy atom. The quantitative estimate of drug-likeness (QED) is 0.878. The predicted molar refractivity (Wildman–Crippen MR) is 78.5 cm³/mol. The highest BCUT2D eigenvalue weighted by atomic mass is 35.5. The lowest BCUT2D eigenvalue weighted by atomic mass is 9.92. The van der Waals surface area contributed by atoms with Crippen LogP contribution in [-0.2, 0) is 0 Å². The van der Waals surface area contributed by atoms with Crippen molar-refractivity contribution in [3.63, 3.8) is 0 Å². The highest BCUT2D eigenvalue weighted by Gasteiger charge is 2.26. The van der Waals surface area contributed by atoms with Crippen LogP contribution < -0.4 is 11.1 Å². The van der Waals surface area contributed by atoms with E-state index in [2.05, 4.69) is 5.32 Å². The van der Waals surface area contributed by atoms with E-state index in [1.807, 2.05) is 13.8 Å². The number of amides is 1. The first kappa shape index (κ1) is 18.2. The van der Waals surface area contributed by atoms with Crippen molar-refractivity contribution in [3.05, 3.63) is 34.6 Å². The van der Waals surface area contributed by atoms with E-state index >= 15 is 0 Å². The Labute approximate surface area is 124 Å². The summed E-state index contributed by atoms with van der Waals surface area (Å²) in [6, 6.07) is 3.90. The van der Waals surface area contributed by atoms with Crippen molar-refractivity contribution < 1.29 is 9.18 Å². The summed E-state index contributed by atoms with van der Waals surface area (Å²) >= 11 is 5.65. The fourth-order valence-corrected chi connectivity index (χ4v) is 1.90. The summed E-state index contributed by atoms with van der Waals surface area (Å²) in [6.45, 7) is 4.29. The van der Waals surface area contributed by atoms with Gasteiger partial charge in [0.25, 0.3) is 5.91 Å². The second kappa shape index (κ2) is 7.68. The molecule has 1 rings (SSSR count). The average Bonchev–Trinajstić information content (AvgIpc) is 2.39. The van der Waals surface area contributed by atoms with Gasteiger partial charge in [-0.1, -0.05) is 25.4 Å². The zero-order valence-electron chi connectivity index (χ0n) is 11.0. The first-order valence-corrected chi connectivity index (χ1v) is 6.33. The fraction of sp³-hybridized carbons (Fsp3) is 0.462. The van der Waals surface area contributed by atoms with Crippen LogP contribution in [0, 0.1) is 5.82 Å². The van der Waals surface area contributed by atoms with Gasteiger partial charge >= 0.3 is 0 Å². The summed E-state index contributed by atoms with van der Waals surface area (Å²) in [5.41, 5.74) is 5.62. The van der Waals surface area contributed by atoms with Gasteiger partial charge in [-0.15, -0.1) is 12.4 Å². The molecule has 19 heavy (non-hydrogen) atoms. The number of benzene rings is 1. The van der Waals surface area contributed by atoms with Crippen molar-refractivity contribution in [3.8, 4) is 0 Å². The Morgan fingerprint density at radius 1 is 1.42 bits per heavy atom. The van der Waals surface area contributed by atoms with Crippen molar-refractivity contribution in [1.82, 2.24) is 5.32 Å². The molecule has 1 aromatic rings. The van der Waals surface area contributed by atoms with E-state index in [-0.39, 0.29) is 23.3 Å². The van der Waals surface area contributed by atoms with E-state index in [0.29, 0.717) is 12.1 Å². The monoisotopic (exact) mass is 308 g/mol. The molecule has 1 aromatic carbocycles. The molecule has 0 aromatic heterocycles. The maximum atomic E-state index is 13.0. The van der Waals surface area contributed by atoms with Gasteiger partial charge in [-0.25, -0.2) is 4.39 Å². The molecule has 0 aliphatic carbocycles. The first-order chi connectivity index (χ1) is 8.48. The number of hydrogen-bond donors (Lipinski definition) is 2. The van der Waals surface area contributed by atoms with Crippen molar-refractivity contribution in [2.75, 3.05) is 6.54 Å². The van der Waals surface area contributed by atoms with Gasteiger partial charge in [0, 0.05) is 12.1 Å². The van der Waals surface area contributed by atoms with Gasteiger partial charge in [-0.3, -0.25) is 4.79 Å². The van der Waals surface area contributed by atoms with Crippen LogP contribution in [0.1, 0.15) is 37.0 Å². The molecule has 108 valence electrons. The van der Waals surface area contributed by atoms with Gasteiger partial charge in [0.2, 0.25) is 0 Å². The third kappa shape index (κ3) is 4.34. The average molecular weight is 309 g/mol. The highest BCUT2D eigenvalue weighted by Crippen LogP contribution is 2.18. The molecule has 0 saturated carbocycles. The van der Waals surface area contributed by atoms with Gasteiger partial charge in [-0.2, -0.15) is 0 Å². The Kier molecular flexibility index (Phi) is 7.34. The van der Waals surface area contributed by atoms with E-state index < -0.39 is 11.4 Å². The topological polar surface area (TPSA) is 55.1 Å². The van der Waals surface area contributed by atoms with Crippen molar-refractivity contribution in [1.29, 1.82) is 0 Å². The highest BCUT2D eigenvalue weighted by molar-refractivity contribution is 6.31. The first-order valence-electron chi connectivity index (χ1n) is 5.95. The Morgan fingerprint density at radius 2 is 2.00 bits per heavy atom. The van der Waals surface area contributed by atoms with Gasteiger partial charge in [-0.05, 0) is 31.0 Å². The second-order valence-corrected chi connectivity index (χ2v) is 4.68. The SMILES string of the molecule is CCC(CC)(CN)NC(=O)c1ccc(F)c(Cl)c1.Cl. The predicted octanol–water partition coefficient (Wildman–Crippen LogP) is 3.15. The molecule has 6 heteroatoms. The van der Waals surface area contributed by atoms with Crippen molar-refractivity contribution in [2.24, 2.45) is 5.73 Å². The molecule has 0 bridgehead atoms. The Balaban J connectivity index is 0.00000324. The second-order valence-electron chi connectivity index (χ2n) is 4.27. The summed E-state index contributed by atoms with van der Waals surface area (Å²) < 4.78 is 13.0. The smallest absolute Gasteiger partial charge is 0.251 e. The molecule has 3 nitrogen and oxygen atoms in total. The number of nitrogens with one attached hydrogen (secondary N) is 1. The number of hydrogen-bond acceptors (Lipinski definition) is 2. The Hall–Kier alpha value is -0.840. The number of rotatable bonds is 5. The minimum absolute atomic E-state index is 0. The minimum atomic E-state index is -0.538. The number of carbonyl (C=O) groups excluding carboxylic acids is 1. The van der Waals surface area contributed by atoms with Crippen LogP contribution in [-0.4, -0.2) is 18.0 Å². The molecule has 0 aliphatic heterocycles. The van der Waals surface area contributed by atoms with Gasteiger partial charge in [0.05, 0.1) is 10.6 Å². The lowest BCUT2D eigenvalue weighted by Gasteiger charge is -2.31. The summed E-state index contributed by atoms with van der Waals surface area (Å²) in [4.78, 5) is 12.1. The molecular formula is C13H19Cl2FN2O. The van der Waals surface area contributed by atoms with Crippen LogP contribution >= 0.6 is 24.0 Å². The molecule has 0 radical (unpaired) electrons. The minimum Gasteiger partial charge on any atom is -0.345 e. The third-order valence-corrected chi connectivity index (χ3v) is 3.59. The van der Waals surface area contributed by atoms with Crippen LogP contribution in [0.3, 0.4) is 0 Å². The number of carbonyl (C=O) groups is 1. The molecule has 0 fully saturated rings. The zero-order valence-corrected chi connectivity index (χ0v) is 12.6. The molecule has 0 saturated heterocycles. The summed E-state index contributed by atoms with van der Waals surface area (Å²) in [5, 5.41) is 2.84. The van der Waals surface area contributed by atoms with Crippen LogP contribution in [0.5, 0.6) is 0 Å². The van der Waals surface area contributed by atoms with E-state index in [1.54, 1.807) is 0 Å². The molecule has 0 aliphatic rings. The largest absolute Gasteiger partial charge is 0.345 e. The van der Waals surface area contributed by atoms with Gasteiger partial charge < -0.3 is 11.1 Å².